The van der Waals surface area contributed by atoms with Gasteiger partial charge in [0.25, 0.3) is 0 Å². The Hall–Kier alpha value is -0.120. The van der Waals surface area contributed by atoms with E-state index in [1.54, 1.807) is 0 Å². The quantitative estimate of drug-likeness (QED) is 0.471. The molecule has 1 heterocycles. The highest BCUT2D eigenvalue weighted by atomic mass is 16.6. The first-order valence-electron chi connectivity index (χ1n) is 2.77. The molecule has 8 heavy (non-hydrogen) atoms. The Morgan fingerprint density at radius 3 is 2.75 bits per heavy atom. The monoisotopic (exact) mass is 116 g/mol. The van der Waals surface area contributed by atoms with Gasteiger partial charge in [0.15, 0.2) is 0 Å². The smallest absolute Gasteiger partial charge is 0.0947 e. The van der Waals surface area contributed by atoms with E-state index in [1.165, 1.54) is 0 Å². The minimum atomic E-state index is 0.0312. The minimum Gasteiger partial charge on any atom is -0.376 e. The van der Waals surface area contributed by atoms with E-state index in [4.69, 9.17) is 15.2 Å². The summed E-state index contributed by atoms with van der Waals surface area (Å²) in [5.41, 5.74) is 6.89. The first-order chi connectivity index (χ1) is 3.93. The van der Waals surface area contributed by atoms with Crippen molar-refractivity contribution in [3.8, 4) is 0 Å². The molecule has 0 amide bonds. The van der Waals surface area contributed by atoms with Crippen molar-refractivity contribution in [3.05, 3.63) is 0 Å². The van der Waals surface area contributed by atoms with Crippen molar-refractivity contribution in [2.75, 3.05) is 26.4 Å². The van der Waals surface area contributed by atoms with Crippen LogP contribution in [0.15, 0.2) is 0 Å². The van der Waals surface area contributed by atoms with Crippen LogP contribution in [0.4, 0.5) is 0 Å². The van der Waals surface area contributed by atoms with E-state index in [0.717, 1.165) is 0 Å². The maximum atomic E-state index is 6.89. The lowest BCUT2D eigenvalue weighted by Gasteiger charge is -2.20. The molecule has 1 unspecified atom stereocenters. The molecule has 0 aromatic carbocycles. The van der Waals surface area contributed by atoms with Crippen LogP contribution in [0.2, 0.25) is 0 Å². The van der Waals surface area contributed by atoms with E-state index in [-0.39, 0.29) is 6.10 Å². The molecule has 0 spiro atoms. The molecule has 1 N–H and O–H groups in total. The summed E-state index contributed by atoms with van der Waals surface area (Å²) in [7, 11) is 0. The second-order valence-electron chi connectivity index (χ2n) is 1.77. The third-order valence-electron chi connectivity index (χ3n) is 1.11. The van der Waals surface area contributed by atoms with Crippen molar-refractivity contribution < 1.29 is 9.47 Å². The van der Waals surface area contributed by atoms with Gasteiger partial charge in [0.2, 0.25) is 0 Å². The van der Waals surface area contributed by atoms with Crippen molar-refractivity contribution in [2.24, 2.45) is 0 Å². The first kappa shape index (κ1) is 6.01. The second kappa shape index (κ2) is 3.02. The van der Waals surface area contributed by atoms with Crippen molar-refractivity contribution in [1.82, 2.24) is 5.73 Å². The third kappa shape index (κ3) is 1.43. The molecule has 47 valence electrons. The molecule has 0 saturated carbocycles. The number of rotatable bonds is 1. The standard InChI is InChI=1S/C5H10NO2/c6-3-5-4-7-1-2-8-5/h5-6H,1-4H2. The van der Waals surface area contributed by atoms with Gasteiger partial charge in [0, 0.05) is 6.54 Å². The van der Waals surface area contributed by atoms with E-state index >= 15 is 0 Å². The highest BCUT2D eigenvalue weighted by Gasteiger charge is 2.10. The number of hydrogen-bond donors (Lipinski definition) is 0. The van der Waals surface area contributed by atoms with Crippen LogP contribution in [0, 0.1) is 0 Å². The van der Waals surface area contributed by atoms with Gasteiger partial charge in [-0.3, -0.25) is 5.73 Å². The van der Waals surface area contributed by atoms with E-state index in [9.17, 15) is 0 Å². The number of nitrogens with one attached hydrogen (secondary N) is 1. The van der Waals surface area contributed by atoms with Gasteiger partial charge in [-0.15, -0.1) is 0 Å². The first-order valence-corrected chi connectivity index (χ1v) is 2.77. The fourth-order valence-corrected chi connectivity index (χ4v) is 0.654. The van der Waals surface area contributed by atoms with Gasteiger partial charge >= 0.3 is 0 Å². The summed E-state index contributed by atoms with van der Waals surface area (Å²) in [5.74, 6) is 0. The second-order valence-corrected chi connectivity index (χ2v) is 1.77. The largest absolute Gasteiger partial charge is 0.376 e. The Bertz CT molecular complexity index is 61.4. The highest BCUT2D eigenvalue weighted by molar-refractivity contribution is 4.59. The van der Waals surface area contributed by atoms with Crippen LogP contribution >= 0.6 is 0 Å². The molecule has 1 fully saturated rings. The lowest BCUT2D eigenvalue weighted by atomic mass is 10.3. The third-order valence-corrected chi connectivity index (χ3v) is 1.11. The zero-order valence-electron chi connectivity index (χ0n) is 4.72. The SMILES string of the molecule is [NH]CC1COCCO1. The summed E-state index contributed by atoms with van der Waals surface area (Å²) < 4.78 is 10.1. The van der Waals surface area contributed by atoms with Crippen molar-refractivity contribution in [2.45, 2.75) is 6.10 Å². The summed E-state index contributed by atoms with van der Waals surface area (Å²) in [6.45, 7) is 2.27. The van der Waals surface area contributed by atoms with Crippen LogP contribution in [0.3, 0.4) is 0 Å². The maximum absolute atomic E-state index is 6.89. The normalized spacial score (nSPS) is 30.4. The molecule has 0 aromatic heterocycles. The molecular weight excluding hydrogens is 106 g/mol. The molecule has 1 aliphatic rings. The Morgan fingerprint density at radius 2 is 2.38 bits per heavy atom. The molecule has 3 nitrogen and oxygen atoms in total. The fraction of sp³-hybridized carbons (Fsp3) is 1.00. The molecule has 0 aromatic rings. The fourth-order valence-electron chi connectivity index (χ4n) is 0.654. The van der Waals surface area contributed by atoms with Crippen molar-refractivity contribution in [3.63, 3.8) is 0 Å². The van der Waals surface area contributed by atoms with Gasteiger partial charge in [-0.05, 0) is 0 Å². The topological polar surface area (TPSA) is 42.3 Å². The molecular formula is C5H10NO2. The van der Waals surface area contributed by atoms with Gasteiger partial charge < -0.3 is 9.47 Å². The molecule has 3 heteroatoms. The van der Waals surface area contributed by atoms with Gasteiger partial charge in [-0.25, -0.2) is 0 Å². The Balaban J connectivity index is 2.13. The van der Waals surface area contributed by atoms with Crippen LogP contribution in [0.25, 0.3) is 0 Å². The van der Waals surface area contributed by atoms with Crippen LogP contribution in [0.5, 0.6) is 0 Å². The van der Waals surface area contributed by atoms with Gasteiger partial charge in [0.05, 0.1) is 25.9 Å². The zero-order valence-corrected chi connectivity index (χ0v) is 4.72. The molecule has 0 bridgehead atoms. The minimum absolute atomic E-state index is 0.0312. The van der Waals surface area contributed by atoms with Crippen LogP contribution in [-0.2, 0) is 9.47 Å². The summed E-state index contributed by atoms with van der Waals surface area (Å²) in [5, 5.41) is 0. The number of ether oxygens (including phenoxy) is 2. The summed E-state index contributed by atoms with van der Waals surface area (Å²) in [6, 6.07) is 0. The Morgan fingerprint density at radius 1 is 1.50 bits per heavy atom. The molecule has 1 rings (SSSR count). The molecule has 0 aliphatic carbocycles. The van der Waals surface area contributed by atoms with E-state index in [0.29, 0.717) is 26.4 Å². The summed E-state index contributed by atoms with van der Waals surface area (Å²) in [6.07, 6.45) is 0.0312. The molecule has 1 aliphatic heterocycles. The average molecular weight is 116 g/mol. The predicted molar refractivity (Wildman–Crippen MR) is 28.5 cm³/mol. The summed E-state index contributed by atoms with van der Waals surface area (Å²) in [4.78, 5) is 0. The Kier molecular flexibility index (Phi) is 2.27. The van der Waals surface area contributed by atoms with Crippen molar-refractivity contribution >= 4 is 0 Å². The average Bonchev–Trinajstić information content (AvgIpc) is 1.90. The van der Waals surface area contributed by atoms with E-state index in [2.05, 4.69) is 0 Å². The van der Waals surface area contributed by atoms with Gasteiger partial charge in [-0.2, -0.15) is 0 Å². The lowest BCUT2D eigenvalue weighted by Crippen LogP contribution is -2.31. The summed E-state index contributed by atoms with van der Waals surface area (Å²) >= 11 is 0. The lowest BCUT2D eigenvalue weighted by molar-refractivity contribution is -0.0840. The van der Waals surface area contributed by atoms with E-state index in [1.807, 2.05) is 0 Å². The van der Waals surface area contributed by atoms with E-state index < -0.39 is 0 Å². The van der Waals surface area contributed by atoms with Crippen LogP contribution in [-0.4, -0.2) is 32.5 Å². The molecule has 1 atom stereocenters. The van der Waals surface area contributed by atoms with Crippen molar-refractivity contribution in [1.29, 1.82) is 0 Å². The highest BCUT2D eigenvalue weighted by Crippen LogP contribution is 1.97. The van der Waals surface area contributed by atoms with Crippen LogP contribution in [0.1, 0.15) is 0 Å². The predicted octanol–water partition coefficient (Wildman–Crippen LogP) is -0.315. The molecule has 1 saturated heterocycles. The van der Waals surface area contributed by atoms with Gasteiger partial charge in [0.1, 0.15) is 0 Å². The Labute approximate surface area is 48.8 Å². The maximum Gasteiger partial charge on any atom is 0.0947 e. The number of hydrogen-bond acceptors (Lipinski definition) is 2. The molecule has 1 radical (unpaired) electrons. The zero-order chi connectivity index (χ0) is 5.82. The van der Waals surface area contributed by atoms with Gasteiger partial charge in [-0.1, -0.05) is 0 Å². The van der Waals surface area contributed by atoms with Crippen LogP contribution < -0.4 is 5.73 Å².